The Labute approximate surface area is 120 Å². The number of carbonyl (C=O) groups is 1. The van der Waals surface area contributed by atoms with Crippen molar-refractivity contribution < 1.29 is 4.79 Å². The number of carbonyl (C=O) groups excluding carboxylic acids is 1. The molecule has 2 aromatic carbocycles. The van der Waals surface area contributed by atoms with E-state index in [9.17, 15) is 4.79 Å². The van der Waals surface area contributed by atoms with E-state index in [0.29, 0.717) is 5.56 Å². The molecular weight excluding hydrogens is 270 g/mol. The number of nitrogens with two attached hydrogens (primary N) is 1. The van der Waals surface area contributed by atoms with Crippen LogP contribution in [0.2, 0.25) is 0 Å². The van der Waals surface area contributed by atoms with Crippen LogP contribution < -0.4 is 11.1 Å². The van der Waals surface area contributed by atoms with Crippen molar-refractivity contribution in [3.05, 3.63) is 48.0 Å². The summed E-state index contributed by atoms with van der Waals surface area (Å²) in [7, 11) is 0. The molecule has 0 aromatic heterocycles. The average Bonchev–Trinajstić information content (AvgIpc) is 2.45. The largest absolute Gasteiger partial charge is 0.368 e. The van der Waals surface area contributed by atoms with Gasteiger partial charge in [-0.2, -0.15) is 5.26 Å². The second-order valence-electron chi connectivity index (χ2n) is 4.44. The van der Waals surface area contributed by atoms with Gasteiger partial charge in [0.15, 0.2) is 0 Å². The van der Waals surface area contributed by atoms with Gasteiger partial charge in [-0.25, -0.2) is 0 Å². The average molecular weight is 281 g/mol. The first-order valence-corrected chi connectivity index (χ1v) is 6.87. The molecule has 3 rings (SSSR count). The van der Waals surface area contributed by atoms with Gasteiger partial charge in [0.1, 0.15) is 5.92 Å². The molecule has 3 N–H and O–H groups in total. The Bertz CT molecular complexity index is 736. The maximum atomic E-state index is 11.3. The number of nitrogens with one attached hydrogen (secondary N) is 1. The van der Waals surface area contributed by atoms with Crippen molar-refractivity contribution in [2.75, 3.05) is 5.32 Å². The number of amides is 1. The highest BCUT2D eigenvalue weighted by Crippen LogP contribution is 2.44. The van der Waals surface area contributed by atoms with Gasteiger partial charge >= 0.3 is 0 Å². The summed E-state index contributed by atoms with van der Waals surface area (Å²) in [6.07, 6.45) is 0. The number of para-hydroxylation sites is 1. The predicted octanol–water partition coefficient (Wildman–Crippen LogP) is 2.99. The molecule has 1 unspecified atom stereocenters. The summed E-state index contributed by atoms with van der Waals surface area (Å²) < 4.78 is 0. The van der Waals surface area contributed by atoms with Crippen LogP contribution in [0.3, 0.4) is 0 Å². The van der Waals surface area contributed by atoms with E-state index >= 15 is 0 Å². The van der Waals surface area contributed by atoms with Gasteiger partial charge < -0.3 is 11.1 Å². The molecule has 0 bridgehead atoms. The van der Waals surface area contributed by atoms with Gasteiger partial charge in [-0.15, -0.1) is 0 Å². The normalized spacial score (nSPS) is 13.3. The highest BCUT2D eigenvalue weighted by atomic mass is 32.2. The van der Waals surface area contributed by atoms with Gasteiger partial charge in [0.05, 0.1) is 17.4 Å². The molecule has 1 heterocycles. The molecule has 2 aromatic rings. The molecule has 0 fully saturated rings. The van der Waals surface area contributed by atoms with Gasteiger partial charge in [0, 0.05) is 9.79 Å². The lowest BCUT2D eigenvalue weighted by Crippen LogP contribution is -2.20. The van der Waals surface area contributed by atoms with E-state index in [4.69, 9.17) is 11.0 Å². The molecule has 0 spiro atoms. The minimum atomic E-state index is -0.905. The Hall–Kier alpha value is -2.45. The smallest absolute Gasteiger partial charge is 0.239 e. The maximum Gasteiger partial charge on any atom is 0.239 e. The van der Waals surface area contributed by atoms with Crippen LogP contribution >= 0.6 is 11.8 Å². The first-order chi connectivity index (χ1) is 9.69. The summed E-state index contributed by atoms with van der Waals surface area (Å²) in [4.78, 5) is 13.4. The van der Waals surface area contributed by atoms with E-state index in [1.165, 1.54) is 0 Å². The molecule has 0 aliphatic carbocycles. The van der Waals surface area contributed by atoms with E-state index in [-0.39, 0.29) is 0 Å². The molecule has 0 saturated heterocycles. The van der Waals surface area contributed by atoms with Crippen molar-refractivity contribution in [3.8, 4) is 6.07 Å². The fourth-order valence-electron chi connectivity index (χ4n) is 2.13. The quantitative estimate of drug-likeness (QED) is 0.757. The first-order valence-electron chi connectivity index (χ1n) is 6.06. The molecule has 1 aliphatic rings. The van der Waals surface area contributed by atoms with Crippen molar-refractivity contribution in [1.82, 2.24) is 0 Å². The van der Waals surface area contributed by atoms with Crippen molar-refractivity contribution >= 4 is 29.0 Å². The van der Waals surface area contributed by atoms with E-state index in [1.54, 1.807) is 17.8 Å². The lowest BCUT2D eigenvalue weighted by molar-refractivity contribution is -0.118. The Morgan fingerprint density at radius 3 is 2.70 bits per heavy atom. The van der Waals surface area contributed by atoms with Crippen molar-refractivity contribution in [2.45, 2.75) is 15.7 Å². The monoisotopic (exact) mass is 281 g/mol. The standard InChI is InChI=1S/C15H11N3OS/c16-8-10(15(17)19)9-5-6-12-14(7-9)20-13-4-2-1-3-11(13)18-12/h1-7,10,18H,(H2,17,19). The van der Waals surface area contributed by atoms with Gasteiger partial charge in [-0.1, -0.05) is 30.0 Å². The number of nitriles is 1. The van der Waals surface area contributed by atoms with Crippen LogP contribution in [0.15, 0.2) is 52.3 Å². The van der Waals surface area contributed by atoms with Gasteiger partial charge in [0.25, 0.3) is 0 Å². The Kier molecular flexibility index (Phi) is 3.09. The zero-order valence-electron chi connectivity index (χ0n) is 10.5. The van der Waals surface area contributed by atoms with E-state index in [2.05, 4.69) is 5.32 Å². The number of fused-ring (bicyclic) bond motifs is 2. The SMILES string of the molecule is N#CC(C(N)=O)c1ccc2c(c1)Sc1ccccc1N2. The summed E-state index contributed by atoms with van der Waals surface area (Å²) in [5.41, 5.74) is 7.91. The molecule has 0 saturated carbocycles. The summed E-state index contributed by atoms with van der Waals surface area (Å²) in [5, 5.41) is 12.4. The van der Waals surface area contributed by atoms with Gasteiger partial charge in [0.2, 0.25) is 5.91 Å². The maximum absolute atomic E-state index is 11.3. The minimum Gasteiger partial charge on any atom is -0.368 e. The van der Waals surface area contributed by atoms with Crippen LogP contribution in [0.4, 0.5) is 11.4 Å². The predicted molar refractivity (Wildman–Crippen MR) is 77.8 cm³/mol. The van der Waals surface area contributed by atoms with Gasteiger partial charge in [-0.05, 0) is 29.8 Å². The third kappa shape index (κ3) is 2.10. The second-order valence-corrected chi connectivity index (χ2v) is 5.53. The molecule has 5 heteroatoms. The Balaban J connectivity index is 2.00. The van der Waals surface area contributed by atoms with Crippen LogP contribution in [0, 0.1) is 11.3 Å². The van der Waals surface area contributed by atoms with E-state index in [1.807, 2.05) is 42.5 Å². The fraction of sp³-hybridized carbons (Fsp3) is 0.0667. The van der Waals surface area contributed by atoms with Gasteiger partial charge in [-0.3, -0.25) is 4.79 Å². The molecule has 1 amide bonds. The lowest BCUT2D eigenvalue weighted by Gasteiger charge is -2.21. The summed E-state index contributed by atoms with van der Waals surface area (Å²) in [5.74, 6) is -1.53. The number of hydrogen-bond acceptors (Lipinski definition) is 4. The van der Waals surface area contributed by atoms with E-state index in [0.717, 1.165) is 21.2 Å². The summed E-state index contributed by atoms with van der Waals surface area (Å²) in [6.45, 7) is 0. The molecule has 4 nitrogen and oxygen atoms in total. The van der Waals surface area contributed by atoms with Crippen LogP contribution in [-0.2, 0) is 4.79 Å². The fourth-order valence-corrected chi connectivity index (χ4v) is 3.17. The van der Waals surface area contributed by atoms with Crippen molar-refractivity contribution in [2.24, 2.45) is 5.73 Å². The highest BCUT2D eigenvalue weighted by Gasteiger charge is 2.21. The summed E-state index contributed by atoms with van der Waals surface area (Å²) in [6, 6.07) is 15.4. The Morgan fingerprint density at radius 1 is 1.20 bits per heavy atom. The Morgan fingerprint density at radius 2 is 1.95 bits per heavy atom. The van der Waals surface area contributed by atoms with Crippen LogP contribution in [0.25, 0.3) is 0 Å². The summed E-state index contributed by atoms with van der Waals surface area (Å²) >= 11 is 1.61. The first kappa shape index (κ1) is 12.6. The second kappa shape index (κ2) is 4.91. The van der Waals surface area contributed by atoms with Crippen LogP contribution in [-0.4, -0.2) is 5.91 Å². The number of benzene rings is 2. The number of nitrogens with zero attached hydrogens (tertiary/aromatic N) is 1. The van der Waals surface area contributed by atoms with E-state index < -0.39 is 11.8 Å². The topological polar surface area (TPSA) is 78.9 Å². The number of hydrogen-bond donors (Lipinski definition) is 2. The molecule has 20 heavy (non-hydrogen) atoms. The number of anilines is 2. The third-order valence-electron chi connectivity index (χ3n) is 3.13. The van der Waals surface area contributed by atoms with Crippen LogP contribution in [0.1, 0.15) is 11.5 Å². The number of rotatable bonds is 2. The zero-order valence-corrected chi connectivity index (χ0v) is 11.3. The molecule has 98 valence electrons. The third-order valence-corrected chi connectivity index (χ3v) is 4.26. The number of primary amides is 1. The molecule has 1 aliphatic heterocycles. The van der Waals surface area contributed by atoms with Crippen LogP contribution in [0.5, 0.6) is 0 Å². The van der Waals surface area contributed by atoms with Crippen molar-refractivity contribution in [3.63, 3.8) is 0 Å². The van der Waals surface area contributed by atoms with Crippen molar-refractivity contribution in [1.29, 1.82) is 5.26 Å². The lowest BCUT2D eigenvalue weighted by atomic mass is 10.00. The molecule has 1 atom stereocenters. The zero-order chi connectivity index (χ0) is 14.1. The molecule has 0 radical (unpaired) electrons. The molecular formula is C15H11N3OS. The minimum absolute atomic E-state index is 0.624. The highest BCUT2D eigenvalue weighted by molar-refractivity contribution is 7.99.